The number of carbonyl (C=O) groups excluding carboxylic acids is 1. The van der Waals surface area contributed by atoms with E-state index in [1.807, 2.05) is 24.3 Å². The standard InChI is InChI=1S/C14H15NO/c1-10(2)7-14(16)13-9-15-8-11-5-3-4-6-12(11)13/h3-6,8-10H,7H2,1-2H3. The summed E-state index contributed by atoms with van der Waals surface area (Å²) in [5.41, 5.74) is 0.742. The normalized spacial score (nSPS) is 10.9. The van der Waals surface area contributed by atoms with E-state index in [-0.39, 0.29) is 5.78 Å². The van der Waals surface area contributed by atoms with Crippen LogP contribution in [0.3, 0.4) is 0 Å². The Labute approximate surface area is 95.3 Å². The van der Waals surface area contributed by atoms with Gasteiger partial charge in [0.25, 0.3) is 0 Å². The van der Waals surface area contributed by atoms with Crippen LogP contribution in [-0.2, 0) is 0 Å². The summed E-state index contributed by atoms with van der Waals surface area (Å²) in [7, 11) is 0. The molecule has 0 atom stereocenters. The minimum Gasteiger partial charge on any atom is -0.294 e. The molecule has 2 nitrogen and oxygen atoms in total. The number of rotatable bonds is 3. The van der Waals surface area contributed by atoms with E-state index in [1.54, 1.807) is 12.4 Å². The molecule has 0 bridgehead atoms. The molecule has 0 unspecified atom stereocenters. The molecule has 2 rings (SSSR count). The first kappa shape index (κ1) is 10.8. The molecule has 1 aromatic carbocycles. The van der Waals surface area contributed by atoms with E-state index in [4.69, 9.17) is 0 Å². The summed E-state index contributed by atoms with van der Waals surface area (Å²) in [6.45, 7) is 4.10. The van der Waals surface area contributed by atoms with Crippen LogP contribution in [0, 0.1) is 5.92 Å². The number of pyridine rings is 1. The molecule has 0 radical (unpaired) electrons. The Morgan fingerprint density at radius 3 is 2.75 bits per heavy atom. The van der Waals surface area contributed by atoms with Gasteiger partial charge in [-0.15, -0.1) is 0 Å². The summed E-state index contributed by atoms with van der Waals surface area (Å²) in [5.74, 6) is 0.561. The lowest BCUT2D eigenvalue weighted by molar-refractivity contribution is 0.0969. The first-order valence-corrected chi connectivity index (χ1v) is 5.54. The van der Waals surface area contributed by atoms with Crippen LogP contribution in [0.25, 0.3) is 10.8 Å². The van der Waals surface area contributed by atoms with Crippen LogP contribution in [0.2, 0.25) is 0 Å². The zero-order chi connectivity index (χ0) is 11.5. The third-order valence-corrected chi connectivity index (χ3v) is 2.56. The maximum absolute atomic E-state index is 12.0. The van der Waals surface area contributed by atoms with Crippen molar-refractivity contribution < 1.29 is 4.79 Å². The molecule has 0 saturated carbocycles. The van der Waals surface area contributed by atoms with Gasteiger partial charge in [0.15, 0.2) is 5.78 Å². The topological polar surface area (TPSA) is 30.0 Å². The van der Waals surface area contributed by atoms with Crippen molar-refractivity contribution in [3.05, 3.63) is 42.2 Å². The van der Waals surface area contributed by atoms with Gasteiger partial charge in [0.2, 0.25) is 0 Å². The summed E-state index contributed by atoms with van der Waals surface area (Å²) in [4.78, 5) is 16.1. The fourth-order valence-corrected chi connectivity index (χ4v) is 1.82. The van der Waals surface area contributed by atoms with Crippen LogP contribution >= 0.6 is 0 Å². The van der Waals surface area contributed by atoms with Crippen LogP contribution in [0.1, 0.15) is 30.6 Å². The molecule has 1 aromatic heterocycles. The Morgan fingerprint density at radius 1 is 1.25 bits per heavy atom. The molecule has 0 fully saturated rings. The molecule has 16 heavy (non-hydrogen) atoms. The minimum absolute atomic E-state index is 0.180. The second-order valence-corrected chi connectivity index (χ2v) is 4.43. The molecule has 2 heteroatoms. The molecule has 1 heterocycles. The summed E-state index contributed by atoms with van der Waals surface area (Å²) >= 11 is 0. The minimum atomic E-state index is 0.180. The van der Waals surface area contributed by atoms with E-state index >= 15 is 0 Å². The predicted octanol–water partition coefficient (Wildman–Crippen LogP) is 3.46. The van der Waals surface area contributed by atoms with Crippen LogP contribution in [0.4, 0.5) is 0 Å². The predicted molar refractivity (Wildman–Crippen MR) is 65.5 cm³/mol. The Kier molecular flexibility index (Phi) is 3.00. The van der Waals surface area contributed by atoms with Crippen molar-refractivity contribution >= 4 is 16.6 Å². The van der Waals surface area contributed by atoms with Gasteiger partial charge in [-0.1, -0.05) is 38.1 Å². The quantitative estimate of drug-likeness (QED) is 0.731. The highest BCUT2D eigenvalue weighted by Gasteiger charge is 2.11. The number of Topliss-reactive ketones (excluding diaryl/α,β-unsaturated/α-hetero) is 1. The number of benzene rings is 1. The average Bonchev–Trinajstić information content (AvgIpc) is 2.27. The van der Waals surface area contributed by atoms with Crippen LogP contribution in [0.5, 0.6) is 0 Å². The van der Waals surface area contributed by atoms with Crippen LogP contribution < -0.4 is 0 Å². The van der Waals surface area contributed by atoms with Gasteiger partial charge >= 0.3 is 0 Å². The highest BCUT2D eigenvalue weighted by Crippen LogP contribution is 2.19. The summed E-state index contributed by atoms with van der Waals surface area (Å²) in [6, 6.07) is 7.87. The number of fused-ring (bicyclic) bond motifs is 1. The lowest BCUT2D eigenvalue weighted by atomic mass is 9.98. The monoisotopic (exact) mass is 213 g/mol. The molecule has 0 saturated heterocycles. The highest BCUT2D eigenvalue weighted by molar-refractivity contribution is 6.07. The van der Waals surface area contributed by atoms with Gasteiger partial charge in [0.05, 0.1) is 0 Å². The van der Waals surface area contributed by atoms with Gasteiger partial charge in [-0.25, -0.2) is 0 Å². The third kappa shape index (κ3) is 2.11. The smallest absolute Gasteiger partial charge is 0.165 e. The molecule has 0 spiro atoms. The fraction of sp³-hybridized carbons (Fsp3) is 0.286. The van der Waals surface area contributed by atoms with Crippen LogP contribution in [-0.4, -0.2) is 10.8 Å². The largest absolute Gasteiger partial charge is 0.294 e. The molecule has 0 aliphatic heterocycles. The number of ketones is 1. The van der Waals surface area contributed by atoms with E-state index in [2.05, 4.69) is 18.8 Å². The lowest BCUT2D eigenvalue weighted by Crippen LogP contribution is -2.04. The molecule has 0 aliphatic rings. The second kappa shape index (κ2) is 4.44. The zero-order valence-electron chi connectivity index (χ0n) is 9.60. The number of hydrogen-bond acceptors (Lipinski definition) is 2. The Hall–Kier alpha value is -1.70. The highest BCUT2D eigenvalue weighted by atomic mass is 16.1. The first-order chi connectivity index (χ1) is 7.68. The Bertz CT molecular complexity index is 512. The number of carbonyl (C=O) groups is 1. The maximum Gasteiger partial charge on any atom is 0.165 e. The lowest BCUT2D eigenvalue weighted by Gasteiger charge is -2.06. The van der Waals surface area contributed by atoms with Crippen molar-refractivity contribution in [2.24, 2.45) is 5.92 Å². The van der Waals surface area contributed by atoms with E-state index < -0.39 is 0 Å². The molecule has 0 amide bonds. The van der Waals surface area contributed by atoms with Crippen molar-refractivity contribution in [2.45, 2.75) is 20.3 Å². The maximum atomic E-state index is 12.0. The number of hydrogen-bond donors (Lipinski definition) is 0. The van der Waals surface area contributed by atoms with E-state index in [0.717, 1.165) is 16.3 Å². The number of nitrogens with zero attached hydrogens (tertiary/aromatic N) is 1. The molecule has 82 valence electrons. The Balaban J connectivity index is 2.48. The molecule has 0 N–H and O–H groups in total. The molecule has 2 aromatic rings. The van der Waals surface area contributed by atoms with Crippen molar-refractivity contribution in [1.29, 1.82) is 0 Å². The van der Waals surface area contributed by atoms with Gasteiger partial charge in [-0.2, -0.15) is 0 Å². The van der Waals surface area contributed by atoms with Crippen molar-refractivity contribution in [1.82, 2.24) is 4.98 Å². The van der Waals surface area contributed by atoms with Crippen LogP contribution in [0.15, 0.2) is 36.7 Å². The van der Waals surface area contributed by atoms with E-state index in [1.165, 1.54) is 0 Å². The summed E-state index contributed by atoms with van der Waals surface area (Å²) < 4.78 is 0. The first-order valence-electron chi connectivity index (χ1n) is 5.54. The van der Waals surface area contributed by atoms with Gasteiger partial charge < -0.3 is 0 Å². The zero-order valence-corrected chi connectivity index (χ0v) is 9.60. The van der Waals surface area contributed by atoms with Gasteiger partial charge in [-0.05, 0) is 11.3 Å². The molecular formula is C14H15NO. The summed E-state index contributed by atoms with van der Waals surface area (Å²) in [6.07, 6.45) is 4.05. The molecular weight excluding hydrogens is 198 g/mol. The van der Waals surface area contributed by atoms with Gasteiger partial charge in [0, 0.05) is 29.8 Å². The van der Waals surface area contributed by atoms with E-state index in [9.17, 15) is 4.79 Å². The SMILES string of the molecule is CC(C)CC(=O)c1cncc2ccccc12. The molecule has 0 aliphatic carbocycles. The third-order valence-electron chi connectivity index (χ3n) is 2.56. The summed E-state index contributed by atoms with van der Waals surface area (Å²) in [5, 5.41) is 2.03. The average molecular weight is 213 g/mol. The Morgan fingerprint density at radius 2 is 2.00 bits per heavy atom. The van der Waals surface area contributed by atoms with Crippen molar-refractivity contribution in [3.8, 4) is 0 Å². The van der Waals surface area contributed by atoms with Crippen molar-refractivity contribution in [3.63, 3.8) is 0 Å². The fourth-order valence-electron chi connectivity index (χ4n) is 1.82. The second-order valence-electron chi connectivity index (χ2n) is 4.43. The van der Waals surface area contributed by atoms with Gasteiger partial charge in [-0.3, -0.25) is 9.78 Å². The van der Waals surface area contributed by atoms with Gasteiger partial charge in [0.1, 0.15) is 0 Å². The number of aromatic nitrogens is 1. The van der Waals surface area contributed by atoms with E-state index in [0.29, 0.717) is 12.3 Å². The van der Waals surface area contributed by atoms with Crippen molar-refractivity contribution in [2.75, 3.05) is 0 Å².